The van der Waals surface area contributed by atoms with Gasteiger partial charge in [0.1, 0.15) is 165 Å². The van der Waals surface area contributed by atoms with Crippen LogP contribution in [-0.2, 0) is 76.0 Å². The fourth-order valence-corrected chi connectivity index (χ4v) is 11.0. The molecule has 0 spiro atoms. The SMILES string of the molecule is CC(=O)N[C@H]1[C@H](O[C@@H]([C@H](O)[C@H](CO)NC(C)=O)[C@H](O)CO)O[C@H](CO)[C@@H](O[C@@H]2O[C@H](CO[C@H]3O[C@H](CO[C@@H]4O[C@H](CO)[C@@H](O)[C@H](O)[C@H]4NC(C)=O)[C@@H](O)[C@H](O)[C@@H]3O)[C@@H](O)[C@H](O[C@H]3O[C@H](CO)[C@@H](O[C@@H]4O[C@H](CO)[C@@H](O)[C@H](O)[C@H]4NC(C)=O)[C@H](O)[C@@H]3O)[C@@H]2O)[C@@H]1O. The molecule has 522 valence electrons. The van der Waals surface area contributed by atoms with Gasteiger partial charge in [0.2, 0.25) is 23.6 Å². The second-order valence-electron chi connectivity index (χ2n) is 22.4. The van der Waals surface area contributed by atoms with Crippen LogP contribution in [0.25, 0.3) is 0 Å². The van der Waals surface area contributed by atoms with Gasteiger partial charge in [-0.1, -0.05) is 0 Å². The van der Waals surface area contributed by atoms with E-state index in [1.54, 1.807) is 0 Å². The summed E-state index contributed by atoms with van der Waals surface area (Å²) in [7, 11) is 0. The molecule has 90 heavy (non-hydrogen) atoms. The Kier molecular flexibility index (Phi) is 28.4. The Hall–Kier alpha value is -3.40. The van der Waals surface area contributed by atoms with Crippen molar-refractivity contribution < 1.29 is 178 Å². The second-order valence-corrected chi connectivity index (χ2v) is 22.4. The first-order valence-corrected chi connectivity index (χ1v) is 28.5. The number of nitrogens with one attached hydrogen (secondary N) is 4. The molecule has 6 saturated heterocycles. The molecule has 0 unspecified atom stereocenters. The van der Waals surface area contributed by atoms with E-state index < -0.39 is 285 Å². The van der Waals surface area contributed by atoms with Crippen LogP contribution in [0.15, 0.2) is 0 Å². The standard InChI is InChI=1S/C50H86N4O36/c1-13(61)51-17(5-55)28(66)41(18(65)6-56)87-47-27(54-16(4)64)35(73)42(21(9-59)83-47)89-50-40(78)44(90-49-39(77)37(75)43(22(10-60)84-49)88-46-26(53-15(3)63)34(72)30(68)20(8-58)82-46)32(70)24(86-50)12-80-48-38(76)36(74)31(69)23(85-48)11-79-45-25(52-14(2)62)33(71)29(67)19(7-57)81-45/h17-50,55-60,65-78H,5-12H2,1-4H3,(H,51,61)(H,52,62)(H,53,63)(H,54,64)/t17-,18+,19+,20+,21+,22+,23+,24+,25+,26+,27+,28+,29+,30+,31+,32+,33+,34+,35+,36-,37+,38-,39-,40-,41+,42+,43+,44-,45+,46-,47-,48-,49+,50-/m0/s1. The molecule has 40 heteroatoms. The second kappa shape index (κ2) is 33.8. The lowest BCUT2D eigenvalue weighted by Gasteiger charge is -2.50. The molecule has 24 N–H and O–H groups in total. The van der Waals surface area contributed by atoms with Crippen molar-refractivity contribution in [2.75, 3.05) is 52.9 Å². The molecule has 34 atom stereocenters. The molecule has 6 fully saturated rings. The molecule has 6 rings (SSSR count). The molecule has 0 radical (unpaired) electrons. The Balaban J connectivity index is 1.29. The van der Waals surface area contributed by atoms with Gasteiger partial charge in [-0.05, 0) is 0 Å². The number of rotatable bonds is 27. The number of carbonyl (C=O) groups excluding carboxylic acids is 4. The minimum absolute atomic E-state index is 0.724. The van der Waals surface area contributed by atoms with E-state index in [0.29, 0.717) is 0 Å². The lowest BCUT2D eigenvalue weighted by molar-refractivity contribution is -0.388. The molecular formula is C50H86N4O36. The van der Waals surface area contributed by atoms with Crippen LogP contribution in [0.4, 0.5) is 0 Å². The topological polar surface area (TPSA) is 632 Å². The fraction of sp³-hybridized carbons (Fsp3) is 0.920. The summed E-state index contributed by atoms with van der Waals surface area (Å²) >= 11 is 0. The molecule has 0 saturated carbocycles. The van der Waals surface area contributed by atoms with Gasteiger partial charge in [0.15, 0.2) is 37.7 Å². The largest absolute Gasteiger partial charge is 0.394 e. The lowest BCUT2D eigenvalue weighted by atomic mass is 9.94. The lowest BCUT2D eigenvalue weighted by Crippen LogP contribution is -2.69. The van der Waals surface area contributed by atoms with E-state index in [2.05, 4.69) is 21.3 Å². The van der Waals surface area contributed by atoms with Gasteiger partial charge in [-0.15, -0.1) is 0 Å². The van der Waals surface area contributed by atoms with Crippen LogP contribution < -0.4 is 21.3 Å². The molecular weight excluding hydrogens is 1230 g/mol. The number of hydrogen-bond acceptors (Lipinski definition) is 36. The Morgan fingerprint density at radius 1 is 0.378 bits per heavy atom. The van der Waals surface area contributed by atoms with Gasteiger partial charge in [-0.25, -0.2) is 0 Å². The molecule has 0 bridgehead atoms. The molecule has 6 aliphatic rings. The number of carbonyl (C=O) groups is 4. The van der Waals surface area contributed by atoms with Crippen molar-refractivity contribution >= 4 is 23.6 Å². The monoisotopic (exact) mass is 1320 g/mol. The van der Waals surface area contributed by atoms with Gasteiger partial charge >= 0.3 is 0 Å². The maximum Gasteiger partial charge on any atom is 0.217 e. The first-order valence-electron chi connectivity index (χ1n) is 28.5. The van der Waals surface area contributed by atoms with E-state index in [9.17, 15) is 121 Å². The zero-order chi connectivity index (χ0) is 66.9. The van der Waals surface area contributed by atoms with E-state index in [0.717, 1.165) is 27.7 Å². The maximum absolute atomic E-state index is 12.7. The Morgan fingerprint density at radius 2 is 0.767 bits per heavy atom. The zero-order valence-corrected chi connectivity index (χ0v) is 48.8. The van der Waals surface area contributed by atoms with Crippen LogP contribution in [0.5, 0.6) is 0 Å². The van der Waals surface area contributed by atoms with Gasteiger partial charge < -0.3 is 180 Å². The van der Waals surface area contributed by atoms with Crippen LogP contribution in [0.2, 0.25) is 0 Å². The number of amides is 4. The average Bonchev–Trinajstić information content (AvgIpc) is 0.839. The third-order valence-corrected chi connectivity index (χ3v) is 15.8. The predicted molar refractivity (Wildman–Crippen MR) is 280 cm³/mol. The molecule has 40 nitrogen and oxygen atoms in total. The van der Waals surface area contributed by atoms with E-state index >= 15 is 0 Å². The van der Waals surface area contributed by atoms with Crippen molar-refractivity contribution in [1.82, 2.24) is 21.3 Å². The van der Waals surface area contributed by atoms with Crippen LogP contribution in [0.3, 0.4) is 0 Å². The van der Waals surface area contributed by atoms with E-state index in [1.165, 1.54) is 0 Å². The summed E-state index contributed by atoms with van der Waals surface area (Å²) in [5.41, 5.74) is 0. The molecule has 0 aromatic heterocycles. The van der Waals surface area contributed by atoms with E-state index in [4.69, 9.17) is 56.8 Å². The number of aliphatic hydroxyl groups excluding tert-OH is 20. The molecule has 0 aliphatic carbocycles. The highest BCUT2D eigenvalue weighted by Crippen LogP contribution is 2.36. The number of ether oxygens (including phenoxy) is 12. The Labute approximate surface area is 511 Å². The molecule has 6 heterocycles. The van der Waals surface area contributed by atoms with Crippen molar-refractivity contribution in [1.29, 1.82) is 0 Å². The van der Waals surface area contributed by atoms with Crippen molar-refractivity contribution in [3.05, 3.63) is 0 Å². The maximum atomic E-state index is 12.7. The average molecular weight is 1320 g/mol. The smallest absolute Gasteiger partial charge is 0.217 e. The van der Waals surface area contributed by atoms with Crippen molar-refractivity contribution in [3.63, 3.8) is 0 Å². The van der Waals surface area contributed by atoms with Crippen LogP contribution >= 0.6 is 0 Å². The number of aliphatic hydroxyl groups is 20. The fourth-order valence-electron chi connectivity index (χ4n) is 11.0. The van der Waals surface area contributed by atoms with Gasteiger partial charge in [0.25, 0.3) is 0 Å². The summed E-state index contributed by atoms with van der Waals surface area (Å²) in [6.07, 6.45) is -59.7. The highest BCUT2D eigenvalue weighted by molar-refractivity contribution is 5.74. The molecule has 6 aliphatic heterocycles. The van der Waals surface area contributed by atoms with Gasteiger partial charge in [-0.3, -0.25) is 19.2 Å². The van der Waals surface area contributed by atoms with Crippen LogP contribution in [0, 0.1) is 0 Å². The van der Waals surface area contributed by atoms with Gasteiger partial charge in [-0.2, -0.15) is 0 Å². The molecule has 0 aromatic rings. The van der Waals surface area contributed by atoms with Crippen molar-refractivity contribution in [2.45, 2.75) is 236 Å². The van der Waals surface area contributed by atoms with Crippen LogP contribution in [-0.4, -0.2) is 387 Å². The minimum Gasteiger partial charge on any atom is -0.394 e. The Bertz CT molecular complexity index is 2260. The van der Waals surface area contributed by atoms with Crippen molar-refractivity contribution in [2.24, 2.45) is 0 Å². The molecule has 0 aromatic carbocycles. The first-order chi connectivity index (χ1) is 42.5. The van der Waals surface area contributed by atoms with Crippen LogP contribution in [0.1, 0.15) is 27.7 Å². The van der Waals surface area contributed by atoms with Gasteiger partial charge in [0, 0.05) is 27.7 Å². The summed E-state index contributed by atoms with van der Waals surface area (Å²) < 4.78 is 69.6. The minimum atomic E-state index is -2.41. The van der Waals surface area contributed by atoms with E-state index in [-0.39, 0.29) is 0 Å². The first kappa shape index (κ1) is 75.6. The van der Waals surface area contributed by atoms with Crippen molar-refractivity contribution in [3.8, 4) is 0 Å². The summed E-state index contributed by atoms with van der Waals surface area (Å²) in [6, 6.07) is -6.56. The normalized spacial score (nSPS) is 43.9. The summed E-state index contributed by atoms with van der Waals surface area (Å²) in [5.74, 6) is -3.19. The zero-order valence-electron chi connectivity index (χ0n) is 48.8. The van der Waals surface area contributed by atoms with E-state index in [1.807, 2.05) is 0 Å². The van der Waals surface area contributed by atoms with Gasteiger partial charge in [0.05, 0.1) is 58.9 Å². The Morgan fingerprint density at radius 3 is 1.27 bits per heavy atom. The quantitative estimate of drug-likeness (QED) is 0.0363. The summed E-state index contributed by atoms with van der Waals surface area (Å²) in [6.45, 7) is -3.89. The number of hydrogen-bond donors (Lipinski definition) is 24. The third kappa shape index (κ3) is 17.7. The molecule has 4 amide bonds. The summed E-state index contributed by atoms with van der Waals surface area (Å²) in [5, 5.41) is 227. The predicted octanol–water partition coefficient (Wildman–Crippen LogP) is -16.1. The summed E-state index contributed by atoms with van der Waals surface area (Å²) in [4.78, 5) is 48.8. The third-order valence-electron chi connectivity index (χ3n) is 15.8. The highest BCUT2D eigenvalue weighted by atomic mass is 16.8. The highest BCUT2D eigenvalue weighted by Gasteiger charge is 2.58.